The van der Waals surface area contributed by atoms with Crippen molar-refractivity contribution in [2.75, 3.05) is 19.3 Å². The number of nitrogens with zero attached hydrogens (tertiary/aromatic N) is 3. The van der Waals surface area contributed by atoms with Crippen molar-refractivity contribution in [1.82, 2.24) is 14.5 Å². The van der Waals surface area contributed by atoms with Gasteiger partial charge in [0.15, 0.2) is 0 Å². The van der Waals surface area contributed by atoms with Gasteiger partial charge in [0.05, 0.1) is 0 Å². The van der Waals surface area contributed by atoms with Gasteiger partial charge in [-0.1, -0.05) is 30.6 Å². The van der Waals surface area contributed by atoms with Crippen LogP contribution < -0.4 is 5.73 Å². The minimum atomic E-state index is -3.52. The molecule has 2 N–H and O–H groups in total. The Labute approximate surface area is 111 Å². The monoisotopic (exact) mass is 290 g/mol. The fourth-order valence-corrected chi connectivity index (χ4v) is 4.51. The second-order valence-corrected chi connectivity index (χ2v) is 7.92. The maximum Gasteiger partial charge on any atom is 0.272 e. The lowest BCUT2D eigenvalue weighted by atomic mass is 9.89. The van der Waals surface area contributed by atoms with E-state index in [0.29, 0.717) is 12.5 Å². The first-order valence-corrected chi connectivity index (χ1v) is 8.31. The molecule has 1 aromatic heterocycles. The van der Waals surface area contributed by atoms with Gasteiger partial charge in [0.25, 0.3) is 10.0 Å². The summed E-state index contributed by atoms with van der Waals surface area (Å²) in [6, 6.07) is 0. The molecule has 2 rings (SSSR count). The van der Waals surface area contributed by atoms with E-state index in [0.717, 1.165) is 24.2 Å². The molecule has 1 saturated carbocycles. The largest absolute Gasteiger partial charge is 0.374 e. The molecule has 18 heavy (non-hydrogen) atoms. The molecular weight excluding hydrogens is 272 g/mol. The van der Waals surface area contributed by atoms with E-state index in [4.69, 9.17) is 5.73 Å². The number of nitrogens with two attached hydrogens (primary N) is 1. The van der Waals surface area contributed by atoms with Gasteiger partial charge in [-0.3, -0.25) is 0 Å². The van der Waals surface area contributed by atoms with Crippen LogP contribution in [0.5, 0.6) is 0 Å². The summed E-state index contributed by atoms with van der Waals surface area (Å²) in [4.78, 5) is 0. The molecular formula is C10H18N4O2S2. The number of aromatic nitrogens is 2. The Balaban J connectivity index is 2.05. The van der Waals surface area contributed by atoms with E-state index >= 15 is 0 Å². The fraction of sp³-hybridized carbons (Fsp3) is 0.800. The first-order valence-electron chi connectivity index (χ1n) is 6.05. The van der Waals surface area contributed by atoms with Crippen LogP contribution in [-0.4, -0.2) is 36.5 Å². The number of anilines is 1. The molecule has 0 radical (unpaired) electrons. The lowest BCUT2D eigenvalue weighted by Gasteiger charge is -2.25. The average molecular weight is 290 g/mol. The van der Waals surface area contributed by atoms with Crippen molar-refractivity contribution in [1.29, 1.82) is 0 Å². The van der Waals surface area contributed by atoms with Gasteiger partial charge in [-0.15, -0.1) is 10.2 Å². The first kappa shape index (κ1) is 13.7. The van der Waals surface area contributed by atoms with Crippen LogP contribution in [0.25, 0.3) is 0 Å². The van der Waals surface area contributed by atoms with Crippen molar-refractivity contribution < 1.29 is 8.42 Å². The molecule has 0 aliphatic heterocycles. The van der Waals surface area contributed by atoms with Crippen LogP contribution in [0, 0.1) is 5.92 Å². The Morgan fingerprint density at radius 2 is 2.00 bits per heavy atom. The summed E-state index contributed by atoms with van der Waals surface area (Å²) in [7, 11) is -1.92. The topological polar surface area (TPSA) is 89.2 Å². The minimum absolute atomic E-state index is 0.0155. The highest BCUT2D eigenvalue weighted by Crippen LogP contribution is 2.27. The molecule has 1 fully saturated rings. The summed E-state index contributed by atoms with van der Waals surface area (Å²) in [5, 5.41) is 7.35. The van der Waals surface area contributed by atoms with Crippen LogP contribution >= 0.6 is 11.3 Å². The van der Waals surface area contributed by atoms with Crippen LogP contribution in [0.3, 0.4) is 0 Å². The van der Waals surface area contributed by atoms with Gasteiger partial charge in [0.1, 0.15) is 0 Å². The van der Waals surface area contributed by atoms with E-state index in [1.807, 2.05) is 0 Å². The summed E-state index contributed by atoms with van der Waals surface area (Å²) in [5.74, 6) is 0.462. The molecule has 0 unspecified atom stereocenters. The highest BCUT2D eigenvalue weighted by Gasteiger charge is 2.27. The van der Waals surface area contributed by atoms with Crippen LogP contribution in [0.2, 0.25) is 0 Å². The second kappa shape index (κ2) is 5.50. The number of rotatable bonds is 4. The molecule has 1 aliphatic rings. The smallest absolute Gasteiger partial charge is 0.272 e. The standard InChI is InChI=1S/C10H18N4O2S2/c1-14(7-8-5-3-2-4-6-8)18(15,16)10-13-12-9(11)17-10/h8H,2-7H2,1H3,(H2,11,12). The molecule has 6 nitrogen and oxygen atoms in total. The summed E-state index contributed by atoms with van der Waals surface area (Å²) < 4.78 is 25.8. The van der Waals surface area contributed by atoms with E-state index < -0.39 is 10.0 Å². The third kappa shape index (κ3) is 2.99. The van der Waals surface area contributed by atoms with E-state index in [-0.39, 0.29) is 9.47 Å². The van der Waals surface area contributed by atoms with Crippen LogP contribution in [0.1, 0.15) is 32.1 Å². The number of hydrogen-bond acceptors (Lipinski definition) is 6. The van der Waals surface area contributed by atoms with Gasteiger partial charge >= 0.3 is 0 Å². The van der Waals surface area contributed by atoms with Gasteiger partial charge in [-0.2, -0.15) is 4.31 Å². The summed E-state index contributed by atoms with van der Waals surface area (Å²) >= 11 is 0.911. The fourth-order valence-electron chi connectivity index (χ4n) is 2.29. The second-order valence-electron chi connectivity index (χ2n) is 4.70. The third-order valence-corrected chi connectivity index (χ3v) is 6.21. The van der Waals surface area contributed by atoms with Gasteiger partial charge in [-0.05, 0) is 18.8 Å². The van der Waals surface area contributed by atoms with Gasteiger partial charge in [0, 0.05) is 13.6 Å². The predicted molar refractivity (Wildman–Crippen MR) is 70.7 cm³/mol. The highest BCUT2D eigenvalue weighted by atomic mass is 32.2. The zero-order chi connectivity index (χ0) is 13.2. The molecule has 0 amide bonds. The van der Waals surface area contributed by atoms with Crippen molar-refractivity contribution in [3.05, 3.63) is 0 Å². The molecule has 0 aromatic carbocycles. The normalized spacial score (nSPS) is 18.3. The molecule has 1 heterocycles. The Morgan fingerprint density at radius 1 is 1.33 bits per heavy atom. The zero-order valence-electron chi connectivity index (χ0n) is 10.4. The van der Waals surface area contributed by atoms with Crippen molar-refractivity contribution in [2.45, 2.75) is 36.4 Å². The Kier molecular flexibility index (Phi) is 4.18. The zero-order valence-corrected chi connectivity index (χ0v) is 12.0. The minimum Gasteiger partial charge on any atom is -0.374 e. The lowest BCUT2D eigenvalue weighted by Crippen LogP contribution is -2.32. The van der Waals surface area contributed by atoms with Crippen LogP contribution in [0.15, 0.2) is 4.34 Å². The summed E-state index contributed by atoms with van der Waals surface area (Å²) in [5.41, 5.74) is 5.42. The molecule has 102 valence electrons. The van der Waals surface area contributed by atoms with Crippen LogP contribution in [-0.2, 0) is 10.0 Å². The maximum atomic E-state index is 12.2. The molecule has 8 heteroatoms. The SMILES string of the molecule is CN(CC1CCCCC1)S(=O)(=O)c1nnc(N)s1. The van der Waals surface area contributed by atoms with Crippen molar-refractivity contribution >= 4 is 26.5 Å². The first-order chi connectivity index (χ1) is 8.50. The predicted octanol–water partition coefficient (Wildman–Crippen LogP) is 1.32. The van der Waals surface area contributed by atoms with Gasteiger partial charge in [0.2, 0.25) is 9.47 Å². The van der Waals surface area contributed by atoms with E-state index in [1.54, 1.807) is 7.05 Å². The molecule has 1 aliphatic carbocycles. The molecule has 0 saturated heterocycles. The van der Waals surface area contributed by atoms with Crippen molar-refractivity contribution in [3.8, 4) is 0 Å². The molecule has 0 atom stereocenters. The van der Waals surface area contributed by atoms with Crippen molar-refractivity contribution in [3.63, 3.8) is 0 Å². The van der Waals surface area contributed by atoms with E-state index in [9.17, 15) is 8.42 Å². The lowest BCUT2D eigenvalue weighted by molar-refractivity contribution is 0.300. The molecule has 0 bridgehead atoms. The molecule has 1 aromatic rings. The number of hydrogen-bond donors (Lipinski definition) is 1. The highest BCUT2D eigenvalue weighted by molar-refractivity contribution is 7.91. The van der Waals surface area contributed by atoms with Crippen molar-refractivity contribution in [2.24, 2.45) is 5.92 Å². The number of nitrogen functional groups attached to an aromatic ring is 1. The summed E-state index contributed by atoms with van der Waals surface area (Å²) in [6.07, 6.45) is 5.88. The number of sulfonamides is 1. The van der Waals surface area contributed by atoms with Crippen LogP contribution in [0.4, 0.5) is 5.13 Å². The van der Waals surface area contributed by atoms with Gasteiger partial charge in [-0.25, -0.2) is 8.42 Å². The third-order valence-electron chi connectivity index (χ3n) is 3.29. The summed E-state index contributed by atoms with van der Waals surface area (Å²) in [6.45, 7) is 0.557. The Bertz CT molecular complexity index is 494. The molecule has 0 spiro atoms. The quantitative estimate of drug-likeness (QED) is 0.903. The van der Waals surface area contributed by atoms with E-state index in [1.165, 1.54) is 23.6 Å². The average Bonchev–Trinajstić information content (AvgIpc) is 2.78. The maximum absolute atomic E-state index is 12.2. The van der Waals surface area contributed by atoms with Gasteiger partial charge < -0.3 is 5.73 Å². The Morgan fingerprint density at radius 3 is 2.56 bits per heavy atom. The van der Waals surface area contributed by atoms with E-state index in [2.05, 4.69) is 10.2 Å². The Hall–Kier alpha value is -0.730.